The summed E-state index contributed by atoms with van der Waals surface area (Å²) in [5, 5.41) is 0. The number of hydrogen-bond donors (Lipinski definition) is 0. The van der Waals surface area contributed by atoms with Crippen LogP contribution in [0.1, 0.15) is 52.9 Å². The summed E-state index contributed by atoms with van der Waals surface area (Å²) in [5.74, 6) is -1.42. The first-order chi connectivity index (χ1) is 10.8. The minimum absolute atomic E-state index is 0.00450. The molecule has 0 atom stereocenters. The lowest BCUT2D eigenvalue weighted by Gasteiger charge is -2.32. The van der Waals surface area contributed by atoms with Crippen molar-refractivity contribution in [1.82, 2.24) is 0 Å². The second kappa shape index (κ2) is 11.7. The maximum atomic E-state index is 11.4. The average molecular weight is 328 g/mol. The van der Waals surface area contributed by atoms with Gasteiger partial charge in [0.05, 0.1) is 5.41 Å². The van der Waals surface area contributed by atoms with Gasteiger partial charge in [0.15, 0.2) is 0 Å². The largest absolute Gasteiger partial charge is 0.465 e. The predicted molar refractivity (Wildman–Crippen MR) is 85.6 cm³/mol. The smallest absolute Gasteiger partial charge is 0.330 e. The minimum Gasteiger partial charge on any atom is -0.465 e. The summed E-state index contributed by atoms with van der Waals surface area (Å²) in [6.07, 6.45) is 5.74. The fourth-order valence-corrected chi connectivity index (χ4v) is 2.06. The monoisotopic (exact) mass is 328 g/mol. The fourth-order valence-electron chi connectivity index (χ4n) is 2.06. The normalized spacial score (nSPS) is 10.7. The number of esters is 3. The van der Waals surface area contributed by atoms with Crippen LogP contribution in [0.15, 0.2) is 12.7 Å². The second-order valence-corrected chi connectivity index (χ2v) is 5.68. The lowest BCUT2D eigenvalue weighted by atomic mass is 9.84. The summed E-state index contributed by atoms with van der Waals surface area (Å²) < 4.78 is 15.4. The van der Waals surface area contributed by atoms with Crippen molar-refractivity contribution in [3.05, 3.63) is 12.7 Å². The van der Waals surface area contributed by atoms with Gasteiger partial charge in [-0.1, -0.05) is 39.2 Å². The maximum absolute atomic E-state index is 11.4. The SMILES string of the molecule is C=CC(=O)OCC(CCCCCC)(COC(C)=O)COC(C)=O. The molecule has 0 rings (SSSR count). The van der Waals surface area contributed by atoms with Crippen molar-refractivity contribution >= 4 is 17.9 Å². The van der Waals surface area contributed by atoms with Crippen molar-refractivity contribution in [2.75, 3.05) is 19.8 Å². The molecule has 23 heavy (non-hydrogen) atoms. The molecule has 0 aliphatic rings. The van der Waals surface area contributed by atoms with Gasteiger partial charge >= 0.3 is 17.9 Å². The van der Waals surface area contributed by atoms with E-state index >= 15 is 0 Å². The average Bonchev–Trinajstić information content (AvgIpc) is 2.51. The third kappa shape index (κ3) is 10.5. The first-order valence-corrected chi connectivity index (χ1v) is 7.91. The molecule has 0 bridgehead atoms. The Kier molecular flexibility index (Phi) is 10.7. The van der Waals surface area contributed by atoms with Gasteiger partial charge in [-0.15, -0.1) is 0 Å². The van der Waals surface area contributed by atoms with E-state index in [2.05, 4.69) is 13.5 Å². The molecule has 0 aromatic heterocycles. The van der Waals surface area contributed by atoms with Crippen LogP contribution in [0.4, 0.5) is 0 Å². The van der Waals surface area contributed by atoms with Gasteiger partial charge in [0.2, 0.25) is 0 Å². The Morgan fingerprint density at radius 2 is 1.43 bits per heavy atom. The highest BCUT2D eigenvalue weighted by Crippen LogP contribution is 2.28. The molecular weight excluding hydrogens is 300 g/mol. The summed E-state index contributed by atoms with van der Waals surface area (Å²) in [7, 11) is 0. The van der Waals surface area contributed by atoms with Gasteiger partial charge in [-0.2, -0.15) is 0 Å². The standard InChI is InChI=1S/C17H28O6/c1-5-7-8-9-10-17(11-21-14(3)18,12-22-15(4)19)13-23-16(20)6-2/h6H,2,5,7-13H2,1,3-4H3. The first kappa shape index (κ1) is 21.1. The Bertz CT molecular complexity index is 384. The van der Waals surface area contributed by atoms with Gasteiger partial charge in [-0.05, 0) is 6.42 Å². The van der Waals surface area contributed by atoms with Crippen molar-refractivity contribution in [1.29, 1.82) is 0 Å². The van der Waals surface area contributed by atoms with Crippen LogP contribution in [0.2, 0.25) is 0 Å². The predicted octanol–water partition coefficient (Wildman–Crippen LogP) is 2.80. The highest BCUT2D eigenvalue weighted by Gasteiger charge is 2.34. The van der Waals surface area contributed by atoms with Crippen LogP contribution in [0.25, 0.3) is 0 Å². The highest BCUT2D eigenvalue weighted by molar-refractivity contribution is 5.81. The van der Waals surface area contributed by atoms with Crippen LogP contribution < -0.4 is 0 Å². The second-order valence-electron chi connectivity index (χ2n) is 5.68. The van der Waals surface area contributed by atoms with E-state index in [0.717, 1.165) is 31.8 Å². The lowest BCUT2D eigenvalue weighted by Crippen LogP contribution is -2.39. The number of unbranched alkanes of at least 4 members (excludes halogenated alkanes) is 3. The Labute approximate surface area is 138 Å². The van der Waals surface area contributed by atoms with E-state index in [1.54, 1.807) is 0 Å². The highest BCUT2D eigenvalue weighted by atomic mass is 16.6. The molecule has 0 radical (unpaired) electrons. The number of carbonyl (C=O) groups is 3. The van der Waals surface area contributed by atoms with Gasteiger partial charge in [0, 0.05) is 19.9 Å². The quantitative estimate of drug-likeness (QED) is 0.237. The number of carbonyl (C=O) groups excluding carboxylic acids is 3. The third-order valence-electron chi connectivity index (χ3n) is 3.41. The summed E-state index contributed by atoms with van der Waals surface area (Å²) in [6, 6.07) is 0. The Morgan fingerprint density at radius 1 is 0.913 bits per heavy atom. The molecule has 0 spiro atoms. The molecule has 0 N–H and O–H groups in total. The summed E-state index contributed by atoms with van der Waals surface area (Å²) in [4.78, 5) is 33.6. The van der Waals surface area contributed by atoms with Crippen LogP contribution in [-0.4, -0.2) is 37.7 Å². The Morgan fingerprint density at radius 3 is 1.87 bits per heavy atom. The van der Waals surface area contributed by atoms with Gasteiger partial charge in [0.1, 0.15) is 19.8 Å². The summed E-state index contributed by atoms with van der Waals surface area (Å²) in [5.41, 5.74) is -0.732. The van der Waals surface area contributed by atoms with Crippen LogP contribution >= 0.6 is 0 Å². The van der Waals surface area contributed by atoms with Crippen LogP contribution in [0.3, 0.4) is 0 Å². The zero-order valence-electron chi connectivity index (χ0n) is 14.4. The third-order valence-corrected chi connectivity index (χ3v) is 3.41. The van der Waals surface area contributed by atoms with Gasteiger partial charge in [-0.3, -0.25) is 9.59 Å². The van der Waals surface area contributed by atoms with Gasteiger partial charge in [-0.25, -0.2) is 4.79 Å². The molecule has 0 fully saturated rings. The van der Waals surface area contributed by atoms with Crippen LogP contribution in [-0.2, 0) is 28.6 Å². The molecule has 0 aliphatic carbocycles. The molecular formula is C17H28O6. The van der Waals surface area contributed by atoms with E-state index in [4.69, 9.17) is 14.2 Å². The molecule has 0 aliphatic heterocycles. The summed E-state index contributed by atoms with van der Waals surface area (Å²) >= 11 is 0. The Balaban J connectivity index is 4.96. The molecule has 0 heterocycles. The molecule has 0 saturated heterocycles. The topological polar surface area (TPSA) is 78.9 Å². The van der Waals surface area contributed by atoms with Gasteiger partial charge in [0.25, 0.3) is 0 Å². The van der Waals surface area contributed by atoms with E-state index in [0.29, 0.717) is 6.42 Å². The van der Waals surface area contributed by atoms with Crippen molar-refractivity contribution in [3.8, 4) is 0 Å². The minimum atomic E-state index is -0.732. The molecule has 0 aromatic carbocycles. The molecule has 0 aromatic rings. The number of hydrogen-bond acceptors (Lipinski definition) is 6. The van der Waals surface area contributed by atoms with Crippen molar-refractivity contribution < 1.29 is 28.6 Å². The van der Waals surface area contributed by atoms with Crippen molar-refractivity contribution in [2.45, 2.75) is 52.9 Å². The maximum Gasteiger partial charge on any atom is 0.330 e. The van der Waals surface area contributed by atoms with E-state index in [1.165, 1.54) is 13.8 Å². The molecule has 132 valence electrons. The zero-order valence-corrected chi connectivity index (χ0v) is 14.4. The van der Waals surface area contributed by atoms with E-state index in [1.807, 2.05) is 0 Å². The number of ether oxygens (including phenoxy) is 3. The summed E-state index contributed by atoms with van der Waals surface area (Å²) in [6.45, 7) is 8.15. The van der Waals surface area contributed by atoms with E-state index in [-0.39, 0.29) is 19.8 Å². The van der Waals surface area contributed by atoms with Crippen molar-refractivity contribution in [3.63, 3.8) is 0 Å². The van der Waals surface area contributed by atoms with E-state index in [9.17, 15) is 14.4 Å². The van der Waals surface area contributed by atoms with Gasteiger partial charge < -0.3 is 14.2 Å². The first-order valence-electron chi connectivity index (χ1n) is 7.91. The molecule has 0 unspecified atom stereocenters. The molecule has 0 amide bonds. The fraction of sp³-hybridized carbons (Fsp3) is 0.706. The number of rotatable bonds is 12. The Hall–Kier alpha value is -1.85. The van der Waals surface area contributed by atoms with Crippen LogP contribution in [0.5, 0.6) is 0 Å². The molecule has 6 nitrogen and oxygen atoms in total. The van der Waals surface area contributed by atoms with Crippen LogP contribution in [0, 0.1) is 5.41 Å². The van der Waals surface area contributed by atoms with E-state index < -0.39 is 23.3 Å². The zero-order chi connectivity index (χ0) is 17.7. The molecule has 6 heteroatoms. The molecule has 0 saturated carbocycles. The van der Waals surface area contributed by atoms with Crippen molar-refractivity contribution in [2.24, 2.45) is 5.41 Å². The lowest BCUT2D eigenvalue weighted by molar-refractivity contribution is -0.158.